The summed E-state index contributed by atoms with van der Waals surface area (Å²) in [5.74, 6) is 0.0348. The molecule has 0 bridgehead atoms. The van der Waals surface area contributed by atoms with E-state index >= 15 is 0 Å². The molecule has 1 N–H and O–H groups in total. The van der Waals surface area contributed by atoms with Crippen molar-refractivity contribution in [3.8, 4) is 17.2 Å². The van der Waals surface area contributed by atoms with Crippen LogP contribution in [-0.4, -0.2) is 66.2 Å². The molecule has 1 unspecified atom stereocenters. The number of esters is 1. The minimum Gasteiger partial charge on any atom is -0.497 e. The molecule has 1 aliphatic heterocycles. The first-order valence-electron chi connectivity index (χ1n) is 11.8. The molecular weight excluding hydrogens is 492 g/mol. The van der Waals surface area contributed by atoms with Gasteiger partial charge in [-0.3, -0.25) is 9.59 Å². The Kier molecular flexibility index (Phi) is 7.56. The van der Waals surface area contributed by atoms with Gasteiger partial charge in [-0.1, -0.05) is 18.2 Å². The van der Waals surface area contributed by atoms with Crippen molar-refractivity contribution < 1.29 is 33.3 Å². The molecule has 1 aromatic heterocycles. The zero-order valence-electron chi connectivity index (χ0n) is 21.9. The third-order valence-corrected chi connectivity index (χ3v) is 6.68. The van der Waals surface area contributed by atoms with Crippen LogP contribution in [0.5, 0.6) is 17.2 Å². The number of rotatable bonds is 9. The summed E-state index contributed by atoms with van der Waals surface area (Å²) >= 11 is 0. The van der Waals surface area contributed by atoms with Crippen molar-refractivity contribution in [2.24, 2.45) is 0 Å². The summed E-state index contributed by atoms with van der Waals surface area (Å²) in [6.07, 6.45) is 1.37. The summed E-state index contributed by atoms with van der Waals surface area (Å²) < 4.78 is 22.6. The highest BCUT2D eigenvalue weighted by Gasteiger charge is 2.49. The molecular formula is C27H30N4O7. The van der Waals surface area contributed by atoms with E-state index in [9.17, 15) is 14.4 Å². The predicted molar refractivity (Wildman–Crippen MR) is 136 cm³/mol. The second-order valence-corrected chi connectivity index (χ2v) is 8.90. The minimum atomic E-state index is -1.35. The van der Waals surface area contributed by atoms with E-state index in [1.54, 1.807) is 38.3 Å². The zero-order chi connectivity index (χ0) is 27.4. The van der Waals surface area contributed by atoms with E-state index in [0.717, 1.165) is 5.56 Å². The molecule has 11 heteroatoms. The molecule has 0 aliphatic carbocycles. The largest absolute Gasteiger partial charge is 0.497 e. The fraction of sp³-hybridized carbons (Fsp3) is 0.333. The highest BCUT2D eigenvalue weighted by molar-refractivity contribution is 6.06. The molecule has 4 rings (SSSR count). The van der Waals surface area contributed by atoms with Crippen molar-refractivity contribution >= 4 is 17.8 Å². The average Bonchev–Trinajstić information content (AvgIpc) is 3.37. The SMILES string of the molecule is COC(=O)c1ncn2c1C(=O)N(Cc1cc(OC)ccc1OC)C(C)(C(=O)NCc1ccccc1OC)C2. The number of benzene rings is 2. The molecule has 2 aromatic carbocycles. The van der Waals surface area contributed by atoms with E-state index in [0.29, 0.717) is 22.8 Å². The number of imidazole rings is 1. The maximum atomic E-state index is 14.0. The highest BCUT2D eigenvalue weighted by atomic mass is 16.5. The van der Waals surface area contributed by atoms with Crippen molar-refractivity contribution in [3.63, 3.8) is 0 Å². The zero-order valence-corrected chi connectivity index (χ0v) is 21.9. The Labute approximate surface area is 220 Å². The number of nitrogens with one attached hydrogen (secondary N) is 1. The summed E-state index contributed by atoms with van der Waals surface area (Å²) in [6.45, 7) is 1.93. The van der Waals surface area contributed by atoms with Gasteiger partial charge in [0, 0.05) is 17.7 Å². The van der Waals surface area contributed by atoms with Gasteiger partial charge in [-0.2, -0.15) is 0 Å². The van der Waals surface area contributed by atoms with Gasteiger partial charge in [-0.05, 0) is 31.2 Å². The molecule has 0 spiro atoms. The number of carbonyl (C=O) groups excluding carboxylic acids is 3. The lowest BCUT2D eigenvalue weighted by molar-refractivity contribution is -0.133. The van der Waals surface area contributed by atoms with Gasteiger partial charge in [0.05, 0.1) is 47.9 Å². The van der Waals surface area contributed by atoms with E-state index < -0.39 is 23.3 Å². The van der Waals surface area contributed by atoms with Gasteiger partial charge >= 0.3 is 5.97 Å². The molecule has 38 heavy (non-hydrogen) atoms. The lowest BCUT2D eigenvalue weighted by atomic mass is 9.93. The van der Waals surface area contributed by atoms with Gasteiger partial charge in [0.15, 0.2) is 5.69 Å². The maximum absolute atomic E-state index is 14.0. The predicted octanol–water partition coefficient (Wildman–Crippen LogP) is 2.43. The Morgan fingerprint density at radius 1 is 1.00 bits per heavy atom. The highest BCUT2D eigenvalue weighted by Crippen LogP contribution is 2.34. The van der Waals surface area contributed by atoms with Gasteiger partial charge in [0.2, 0.25) is 5.91 Å². The van der Waals surface area contributed by atoms with Crippen LogP contribution in [0.2, 0.25) is 0 Å². The number of aromatic nitrogens is 2. The standard InChI is InChI=1S/C27H30N4O7/c1-27(26(34)28-13-17-8-6-7-9-20(17)36-3)15-30-16-29-22(25(33)38-5)23(30)24(32)31(27)14-18-12-19(35-2)10-11-21(18)37-4/h6-12,16H,13-15H2,1-5H3,(H,28,34). The maximum Gasteiger partial charge on any atom is 0.359 e. The van der Waals surface area contributed by atoms with Gasteiger partial charge in [-0.15, -0.1) is 0 Å². The lowest BCUT2D eigenvalue weighted by Crippen LogP contribution is -2.63. The first-order valence-corrected chi connectivity index (χ1v) is 11.8. The van der Waals surface area contributed by atoms with Crippen LogP contribution in [-0.2, 0) is 29.2 Å². The van der Waals surface area contributed by atoms with Crippen molar-refractivity contribution in [1.82, 2.24) is 19.8 Å². The number of fused-ring (bicyclic) bond motifs is 1. The number of hydrogen-bond acceptors (Lipinski definition) is 8. The Bertz CT molecular complexity index is 1370. The average molecular weight is 523 g/mol. The van der Waals surface area contributed by atoms with Crippen molar-refractivity contribution in [1.29, 1.82) is 0 Å². The first kappa shape index (κ1) is 26.5. The summed E-state index contributed by atoms with van der Waals surface area (Å²) in [4.78, 5) is 45.6. The van der Waals surface area contributed by atoms with Crippen molar-refractivity contribution in [3.05, 3.63) is 71.3 Å². The summed E-state index contributed by atoms with van der Waals surface area (Å²) in [6, 6.07) is 12.6. The molecule has 2 amide bonds. The van der Waals surface area contributed by atoms with Crippen LogP contribution in [0.15, 0.2) is 48.8 Å². The van der Waals surface area contributed by atoms with Gasteiger partial charge in [-0.25, -0.2) is 9.78 Å². The molecule has 0 saturated heterocycles. The second kappa shape index (κ2) is 10.8. The molecule has 0 fully saturated rings. The number of para-hydroxylation sites is 1. The number of methoxy groups -OCH3 is 4. The number of carbonyl (C=O) groups is 3. The van der Waals surface area contributed by atoms with E-state index in [4.69, 9.17) is 18.9 Å². The van der Waals surface area contributed by atoms with E-state index in [1.807, 2.05) is 18.2 Å². The summed E-state index contributed by atoms with van der Waals surface area (Å²) in [7, 11) is 5.83. The van der Waals surface area contributed by atoms with Crippen LogP contribution < -0.4 is 19.5 Å². The molecule has 1 atom stereocenters. The van der Waals surface area contributed by atoms with E-state index in [1.165, 1.54) is 37.1 Å². The fourth-order valence-corrected chi connectivity index (χ4v) is 4.57. The minimum absolute atomic E-state index is 0.00355. The van der Waals surface area contributed by atoms with Crippen molar-refractivity contribution in [2.45, 2.75) is 32.1 Å². The molecule has 2 heterocycles. The number of nitrogens with zero attached hydrogens (tertiary/aromatic N) is 3. The second-order valence-electron chi connectivity index (χ2n) is 8.90. The quantitative estimate of drug-likeness (QED) is 0.426. The van der Waals surface area contributed by atoms with Gasteiger partial charge < -0.3 is 33.7 Å². The molecule has 0 radical (unpaired) electrons. The third-order valence-electron chi connectivity index (χ3n) is 6.68. The van der Waals surface area contributed by atoms with Crippen LogP contribution in [0.4, 0.5) is 0 Å². The van der Waals surface area contributed by atoms with Crippen LogP contribution in [0, 0.1) is 0 Å². The Balaban J connectivity index is 1.75. The molecule has 11 nitrogen and oxygen atoms in total. The first-order chi connectivity index (χ1) is 18.3. The Morgan fingerprint density at radius 3 is 2.39 bits per heavy atom. The van der Waals surface area contributed by atoms with E-state index in [2.05, 4.69) is 10.3 Å². The van der Waals surface area contributed by atoms with Crippen LogP contribution in [0.25, 0.3) is 0 Å². The molecule has 200 valence electrons. The topological polar surface area (TPSA) is 121 Å². The lowest BCUT2D eigenvalue weighted by Gasteiger charge is -2.44. The van der Waals surface area contributed by atoms with Gasteiger partial charge in [0.25, 0.3) is 5.91 Å². The number of hydrogen-bond donors (Lipinski definition) is 1. The summed E-state index contributed by atoms with van der Waals surface area (Å²) in [5, 5.41) is 2.95. The van der Waals surface area contributed by atoms with Gasteiger partial charge in [0.1, 0.15) is 28.5 Å². The number of ether oxygens (including phenoxy) is 4. The number of amides is 2. The molecule has 0 saturated carbocycles. The summed E-state index contributed by atoms with van der Waals surface area (Å²) in [5.41, 5.74) is -0.0119. The fourth-order valence-electron chi connectivity index (χ4n) is 4.57. The normalized spacial score (nSPS) is 16.4. The molecule has 1 aliphatic rings. The molecule has 3 aromatic rings. The van der Waals surface area contributed by atoms with Crippen LogP contribution in [0.1, 0.15) is 39.0 Å². The van der Waals surface area contributed by atoms with Crippen LogP contribution in [0.3, 0.4) is 0 Å². The third kappa shape index (κ3) is 4.74. The Hall–Kier alpha value is -4.54. The van der Waals surface area contributed by atoms with E-state index in [-0.39, 0.29) is 31.0 Å². The van der Waals surface area contributed by atoms with Crippen LogP contribution >= 0.6 is 0 Å². The Morgan fingerprint density at radius 2 is 1.71 bits per heavy atom. The van der Waals surface area contributed by atoms with Crippen molar-refractivity contribution in [2.75, 3.05) is 28.4 Å². The smallest absolute Gasteiger partial charge is 0.359 e. The monoisotopic (exact) mass is 522 g/mol.